The molecule has 2 nitrogen and oxygen atoms in total. The summed E-state index contributed by atoms with van der Waals surface area (Å²) in [5, 5.41) is 3.62. The van der Waals surface area contributed by atoms with Crippen LogP contribution in [0.3, 0.4) is 0 Å². The SMILES string of the molecule is Cc1cc(C)c(C)c(SCC(=O)NCc2ccccc2Cl)c1C. The van der Waals surface area contributed by atoms with Crippen LogP contribution in [0.25, 0.3) is 0 Å². The molecule has 0 spiro atoms. The van der Waals surface area contributed by atoms with E-state index in [1.165, 1.54) is 27.1 Å². The number of carbonyl (C=O) groups excluding carboxylic acids is 1. The van der Waals surface area contributed by atoms with Gasteiger partial charge in [-0.05, 0) is 61.6 Å². The van der Waals surface area contributed by atoms with E-state index in [0.29, 0.717) is 17.3 Å². The monoisotopic (exact) mass is 347 g/mol. The third-order valence-electron chi connectivity index (χ3n) is 4.08. The number of halogens is 1. The zero-order valence-electron chi connectivity index (χ0n) is 14.0. The molecule has 0 atom stereocenters. The number of aryl methyl sites for hydroxylation is 2. The van der Waals surface area contributed by atoms with Crippen molar-refractivity contribution in [2.45, 2.75) is 39.1 Å². The van der Waals surface area contributed by atoms with Crippen molar-refractivity contribution in [3.05, 3.63) is 63.2 Å². The van der Waals surface area contributed by atoms with Gasteiger partial charge in [-0.15, -0.1) is 11.8 Å². The molecule has 0 radical (unpaired) electrons. The fourth-order valence-corrected chi connectivity index (χ4v) is 3.76. The van der Waals surface area contributed by atoms with Crippen molar-refractivity contribution in [3.8, 4) is 0 Å². The summed E-state index contributed by atoms with van der Waals surface area (Å²) in [7, 11) is 0. The van der Waals surface area contributed by atoms with Crippen LogP contribution in [0.5, 0.6) is 0 Å². The first-order chi connectivity index (χ1) is 10.9. The highest BCUT2D eigenvalue weighted by molar-refractivity contribution is 8.00. The Morgan fingerprint density at radius 1 is 1.09 bits per heavy atom. The molecule has 1 N–H and O–H groups in total. The summed E-state index contributed by atoms with van der Waals surface area (Å²) in [6.07, 6.45) is 0. The maximum atomic E-state index is 12.1. The van der Waals surface area contributed by atoms with Gasteiger partial charge in [-0.2, -0.15) is 0 Å². The van der Waals surface area contributed by atoms with Gasteiger partial charge in [-0.3, -0.25) is 4.79 Å². The summed E-state index contributed by atoms with van der Waals surface area (Å²) in [4.78, 5) is 13.3. The van der Waals surface area contributed by atoms with Gasteiger partial charge in [0.15, 0.2) is 0 Å². The molecule has 4 heteroatoms. The number of thioether (sulfide) groups is 1. The Hall–Kier alpha value is -1.45. The van der Waals surface area contributed by atoms with Crippen molar-refractivity contribution in [2.24, 2.45) is 0 Å². The van der Waals surface area contributed by atoms with Crippen molar-refractivity contribution >= 4 is 29.3 Å². The van der Waals surface area contributed by atoms with Crippen LogP contribution in [-0.2, 0) is 11.3 Å². The van der Waals surface area contributed by atoms with Crippen molar-refractivity contribution < 1.29 is 4.79 Å². The van der Waals surface area contributed by atoms with Gasteiger partial charge in [-0.25, -0.2) is 0 Å². The highest BCUT2D eigenvalue weighted by Crippen LogP contribution is 2.30. The van der Waals surface area contributed by atoms with Gasteiger partial charge in [0, 0.05) is 16.5 Å². The third-order valence-corrected chi connectivity index (χ3v) is 5.75. The van der Waals surface area contributed by atoms with Crippen molar-refractivity contribution in [2.75, 3.05) is 5.75 Å². The minimum absolute atomic E-state index is 0.0212. The second kappa shape index (κ2) is 7.89. The summed E-state index contributed by atoms with van der Waals surface area (Å²) < 4.78 is 0. The molecule has 2 aromatic carbocycles. The lowest BCUT2D eigenvalue weighted by Crippen LogP contribution is -2.24. The van der Waals surface area contributed by atoms with Crippen molar-refractivity contribution in [3.63, 3.8) is 0 Å². The zero-order valence-corrected chi connectivity index (χ0v) is 15.6. The molecule has 0 fully saturated rings. The van der Waals surface area contributed by atoms with Gasteiger partial charge in [-0.1, -0.05) is 35.9 Å². The molecule has 0 saturated carbocycles. The number of rotatable bonds is 5. The largest absolute Gasteiger partial charge is 0.351 e. The molecule has 1 amide bonds. The fourth-order valence-electron chi connectivity index (χ4n) is 2.42. The minimum atomic E-state index is 0.0212. The topological polar surface area (TPSA) is 29.1 Å². The Morgan fingerprint density at radius 3 is 2.30 bits per heavy atom. The van der Waals surface area contributed by atoms with Gasteiger partial charge < -0.3 is 5.32 Å². The third kappa shape index (κ3) is 4.52. The average Bonchev–Trinajstić information content (AvgIpc) is 2.52. The van der Waals surface area contributed by atoms with E-state index in [4.69, 9.17) is 11.6 Å². The standard InChI is InChI=1S/C19H22ClNOS/c1-12-9-13(2)15(4)19(14(12)3)23-11-18(22)21-10-16-7-5-6-8-17(16)20/h5-9H,10-11H2,1-4H3,(H,21,22). The van der Waals surface area contributed by atoms with E-state index in [2.05, 4.69) is 39.1 Å². The molecule has 0 aromatic heterocycles. The van der Waals surface area contributed by atoms with Crippen molar-refractivity contribution in [1.29, 1.82) is 0 Å². The molecule has 23 heavy (non-hydrogen) atoms. The summed E-state index contributed by atoms with van der Waals surface area (Å²) in [5.41, 5.74) is 6.00. The predicted molar refractivity (Wildman–Crippen MR) is 99.4 cm³/mol. The second-order valence-corrected chi connectivity index (χ2v) is 7.14. The second-order valence-electron chi connectivity index (χ2n) is 5.75. The van der Waals surface area contributed by atoms with Crippen LogP contribution in [0.15, 0.2) is 35.2 Å². The van der Waals surface area contributed by atoms with E-state index in [9.17, 15) is 4.79 Å². The maximum absolute atomic E-state index is 12.1. The highest BCUT2D eigenvalue weighted by Gasteiger charge is 2.11. The van der Waals surface area contributed by atoms with Crippen LogP contribution in [0, 0.1) is 27.7 Å². The van der Waals surface area contributed by atoms with Gasteiger partial charge in [0.25, 0.3) is 0 Å². The van der Waals surface area contributed by atoms with E-state index in [1.807, 2.05) is 24.3 Å². The van der Waals surface area contributed by atoms with Gasteiger partial charge in [0.05, 0.1) is 5.75 Å². The molecule has 0 heterocycles. The summed E-state index contributed by atoms with van der Waals surface area (Å²) in [5.74, 6) is 0.433. The quantitative estimate of drug-likeness (QED) is 0.772. The Bertz CT molecular complexity index is 701. The molecule has 122 valence electrons. The van der Waals surface area contributed by atoms with E-state index in [0.717, 1.165) is 5.56 Å². The molecule has 0 unspecified atom stereocenters. The number of benzene rings is 2. The normalized spacial score (nSPS) is 10.7. The van der Waals surface area contributed by atoms with Crippen LogP contribution < -0.4 is 5.32 Å². The van der Waals surface area contributed by atoms with Gasteiger partial charge in [0.2, 0.25) is 5.91 Å². The Kier molecular flexibility index (Phi) is 6.14. The molecular formula is C19H22ClNOS. The van der Waals surface area contributed by atoms with Crippen LogP contribution in [-0.4, -0.2) is 11.7 Å². The van der Waals surface area contributed by atoms with E-state index in [-0.39, 0.29) is 5.91 Å². The molecule has 0 bridgehead atoms. The van der Waals surface area contributed by atoms with E-state index >= 15 is 0 Å². The highest BCUT2D eigenvalue weighted by atomic mass is 35.5. The summed E-state index contributed by atoms with van der Waals surface area (Å²) in [6, 6.07) is 9.76. The maximum Gasteiger partial charge on any atom is 0.230 e. The lowest BCUT2D eigenvalue weighted by Gasteiger charge is -2.14. The smallest absolute Gasteiger partial charge is 0.230 e. The summed E-state index contributed by atoms with van der Waals surface area (Å²) in [6.45, 7) is 8.92. The number of amides is 1. The molecule has 0 aliphatic carbocycles. The minimum Gasteiger partial charge on any atom is -0.351 e. The Balaban J connectivity index is 1.96. The number of hydrogen-bond acceptors (Lipinski definition) is 2. The first kappa shape index (κ1) is 17.9. The van der Waals surface area contributed by atoms with Crippen LogP contribution in [0.4, 0.5) is 0 Å². The lowest BCUT2D eigenvalue weighted by molar-refractivity contribution is -0.118. The van der Waals surface area contributed by atoms with Gasteiger partial charge in [0.1, 0.15) is 0 Å². The van der Waals surface area contributed by atoms with Crippen molar-refractivity contribution in [1.82, 2.24) is 5.32 Å². The Morgan fingerprint density at radius 2 is 1.70 bits per heavy atom. The zero-order chi connectivity index (χ0) is 17.0. The molecule has 2 rings (SSSR count). The molecule has 2 aromatic rings. The molecule has 0 aliphatic rings. The number of carbonyl (C=O) groups is 1. The first-order valence-electron chi connectivity index (χ1n) is 7.60. The molecular weight excluding hydrogens is 326 g/mol. The predicted octanol–water partition coefficient (Wildman–Crippen LogP) is 4.98. The van der Waals surface area contributed by atoms with Crippen LogP contribution in [0.2, 0.25) is 5.02 Å². The van der Waals surface area contributed by atoms with E-state index < -0.39 is 0 Å². The Labute approximate surface area is 147 Å². The van der Waals surface area contributed by atoms with E-state index in [1.54, 1.807) is 11.8 Å². The van der Waals surface area contributed by atoms with Gasteiger partial charge >= 0.3 is 0 Å². The van der Waals surface area contributed by atoms with Crippen LogP contribution >= 0.6 is 23.4 Å². The lowest BCUT2D eigenvalue weighted by atomic mass is 10.0. The molecule has 0 saturated heterocycles. The molecule has 0 aliphatic heterocycles. The first-order valence-corrected chi connectivity index (χ1v) is 8.96. The number of hydrogen-bond donors (Lipinski definition) is 1. The van der Waals surface area contributed by atoms with Crippen LogP contribution in [0.1, 0.15) is 27.8 Å². The summed E-state index contributed by atoms with van der Waals surface area (Å²) >= 11 is 7.70. The fraction of sp³-hybridized carbons (Fsp3) is 0.316. The average molecular weight is 348 g/mol. The number of nitrogens with one attached hydrogen (secondary N) is 1.